The van der Waals surface area contributed by atoms with Crippen molar-refractivity contribution in [3.63, 3.8) is 0 Å². The van der Waals surface area contributed by atoms with E-state index in [0.29, 0.717) is 12.1 Å². The average Bonchev–Trinajstić information content (AvgIpc) is 3.07. The van der Waals surface area contributed by atoms with Crippen LogP contribution < -0.4 is 10.1 Å². The molecule has 0 aliphatic rings. The van der Waals surface area contributed by atoms with E-state index in [1.165, 1.54) is 23.9 Å². The van der Waals surface area contributed by atoms with Crippen molar-refractivity contribution in [1.29, 1.82) is 0 Å². The summed E-state index contributed by atoms with van der Waals surface area (Å²) in [5, 5.41) is 3.57. The summed E-state index contributed by atoms with van der Waals surface area (Å²) in [6.07, 6.45) is 4.36. The number of benzene rings is 2. The van der Waals surface area contributed by atoms with E-state index in [-0.39, 0.29) is 12.3 Å². The van der Waals surface area contributed by atoms with Gasteiger partial charge in [0.25, 0.3) is 0 Å². The van der Waals surface area contributed by atoms with Gasteiger partial charge in [0.2, 0.25) is 5.91 Å². The Balaban J connectivity index is 1.67. The minimum atomic E-state index is -0.404. The van der Waals surface area contributed by atoms with Gasteiger partial charge in [0, 0.05) is 30.8 Å². The van der Waals surface area contributed by atoms with Crippen LogP contribution in [0.1, 0.15) is 12.0 Å². The monoisotopic (exact) mass is 463 g/mol. The molecule has 3 aromatic rings. The number of aromatic nitrogens is 2. The zero-order chi connectivity index (χ0) is 20.1. The second kappa shape index (κ2) is 9.25. The maximum absolute atomic E-state index is 13.7. The molecular weight excluding hydrogens is 445 g/mol. The van der Waals surface area contributed by atoms with Crippen LogP contribution in [-0.4, -0.2) is 22.6 Å². The van der Waals surface area contributed by atoms with Gasteiger partial charge in [-0.05, 0) is 70.0 Å². The molecule has 5 nitrogen and oxygen atoms in total. The van der Waals surface area contributed by atoms with Crippen LogP contribution in [0.2, 0.25) is 0 Å². The van der Waals surface area contributed by atoms with Gasteiger partial charge in [-0.15, -0.1) is 0 Å². The predicted octanol–water partition coefficient (Wildman–Crippen LogP) is 5.05. The van der Waals surface area contributed by atoms with E-state index in [0.717, 1.165) is 25.8 Å². The van der Waals surface area contributed by atoms with Crippen molar-refractivity contribution < 1.29 is 13.9 Å². The largest absolute Gasteiger partial charge is 0.496 e. The summed E-state index contributed by atoms with van der Waals surface area (Å²) in [5.41, 5.74) is 1.44. The van der Waals surface area contributed by atoms with E-state index >= 15 is 0 Å². The maximum Gasteiger partial charge on any atom is 0.224 e. The summed E-state index contributed by atoms with van der Waals surface area (Å²) in [5.74, 6) is 0.154. The third-order valence-corrected chi connectivity index (χ3v) is 5.82. The van der Waals surface area contributed by atoms with Crippen LogP contribution in [0.4, 0.5) is 10.1 Å². The first-order valence-electron chi connectivity index (χ1n) is 8.53. The number of rotatable bonds is 7. The molecule has 0 aliphatic heterocycles. The molecule has 0 unspecified atom stereocenters. The van der Waals surface area contributed by atoms with Crippen molar-refractivity contribution in [2.24, 2.45) is 7.05 Å². The van der Waals surface area contributed by atoms with Gasteiger partial charge in [0.05, 0.1) is 17.3 Å². The van der Waals surface area contributed by atoms with Gasteiger partial charge in [-0.2, -0.15) is 0 Å². The van der Waals surface area contributed by atoms with Gasteiger partial charge >= 0.3 is 0 Å². The number of hydrogen-bond donors (Lipinski definition) is 1. The third-order valence-electron chi connectivity index (χ3n) is 4.05. The summed E-state index contributed by atoms with van der Waals surface area (Å²) in [6.45, 7) is 0. The number of amides is 1. The average molecular weight is 464 g/mol. The number of methoxy groups -OCH3 is 1. The number of carbonyl (C=O) groups excluding carboxylic acids is 1. The van der Waals surface area contributed by atoms with Gasteiger partial charge in [0.15, 0.2) is 5.16 Å². The third kappa shape index (κ3) is 5.14. The summed E-state index contributed by atoms with van der Waals surface area (Å²) in [4.78, 5) is 17.4. The number of nitrogens with zero attached hydrogens (tertiary/aromatic N) is 2. The minimum absolute atomic E-state index is 0.181. The van der Waals surface area contributed by atoms with Crippen LogP contribution in [0, 0.1) is 5.82 Å². The highest BCUT2D eigenvalue weighted by atomic mass is 79.9. The van der Waals surface area contributed by atoms with Crippen molar-refractivity contribution in [2.45, 2.75) is 22.9 Å². The fraction of sp³-hybridized carbons (Fsp3) is 0.200. The quantitative estimate of drug-likeness (QED) is 0.532. The Hall–Kier alpha value is -2.32. The standard InChI is InChI=1S/C20H19BrFN3O2S/c1-25-10-9-23-20(25)28-18-7-5-14(22)12-16(18)24-19(26)8-4-13-3-6-17(27-2)15(21)11-13/h3,5-7,9-12H,4,8H2,1-2H3,(H,24,26). The molecule has 146 valence electrons. The highest BCUT2D eigenvalue weighted by Crippen LogP contribution is 2.33. The normalized spacial score (nSPS) is 10.7. The molecule has 2 aromatic carbocycles. The first-order valence-corrected chi connectivity index (χ1v) is 10.1. The fourth-order valence-corrected chi connectivity index (χ4v) is 4.03. The minimum Gasteiger partial charge on any atom is -0.496 e. The van der Waals surface area contributed by atoms with E-state index in [9.17, 15) is 9.18 Å². The van der Waals surface area contributed by atoms with Crippen molar-refractivity contribution >= 4 is 39.3 Å². The van der Waals surface area contributed by atoms with Crippen LogP contribution in [0.3, 0.4) is 0 Å². The molecule has 0 aliphatic carbocycles. The number of carbonyl (C=O) groups is 1. The number of imidazole rings is 1. The van der Waals surface area contributed by atoms with Crippen molar-refractivity contribution in [2.75, 3.05) is 12.4 Å². The van der Waals surface area contributed by atoms with Crippen LogP contribution >= 0.6 is 27.7 Å². The molecule has 0 saturated heterocycles. The van der Waals surface area contributed by atoms with Crippen molar-refractivity contribution in [3.8, 4) is 5.75 Å². The topological polar surface area (TPSA) is 56.1 Å². The predicted molar refractivity (Wildman–Crippen MR) is 111 cm³/mol. The highest BCUT2D eigenvalue weighted by molar-refractivity contribution is 9.10. The van der Waals surface area contributed by atoms with Gasteiger partial charge < -0.3 is 14.6 Å². The second-order valence-electron chi connectivity index (χ2n) is 6.08. The van der Waals surface area contributed by atoms with Crippen LogP contribution in [0.5, 0.6) is 5.75 Å². The zero-order valence-electron chi connectivity index (χ0n) is 15.4. The van der Waals surface area contributed by atoms with Crippen molar-refractivity contribution in [3.05, 3.63) is 64.6 Å². The molecule has 28 heavy (non-hydrogen) atoms. The number of aryl methyl sites for hydroxylation is 2. The number of hydrogen-bond acceptors (Lipinski definition) is 4. The van der Waals surface area contributed by atoms with Gasteiger partial charge in [-0.3, -0.25) is 4.79 Å². The second-order valence-corrected chi connectivity index (χ2v) is 7.94. The summed E-state index contributed by atoms with van der Waals surface area (Å²) in [6, 6.07) is 10.0. The molecule has 8 heteroatoms. The maximum atomic E-state index is 13.7. The molecule has 0 spiro atoms. The van der Waals surface area contributed by atoms with Gasteiger partial charge in [-0.1, -0.05) is 6.07 Å². The van der Waals surface area contributed by atoms with Gasteiger partial charge in [0.1, 0.15) is 11.6 Å². The Kier molecular flexibility index (Phi) is 6.74. The van der Waals surface area contributed by atoms with Crippen molar-refractivity contribution in [1.82, 2.24) is 9.55 Å². The Morgan fingerprint density at radius 3 is 2.82 bits per heavy atom. The molecule has 3 rings (SSSR count). The van der Waals surface area contributed by atoms with E-state index in [1.54, 1.807) is 19.4 Å². The van der Waals surface area contributed by atoms with E-state index < -0.39 is 5.82 Å². The van der Waals surface area contributed by atoms with Gasteiger partial charge in [-0.25, -0.2) is 9.37 Å². The lowest BCUT2D eigenvalue weighted by Gasteiger charge is -2.11. The van der Waals surface area contributed by atoms with E-state index in [4.69, 9.17) is 4.74 Å². The molecule has 0 atom stereocenters. The Bertz CT molecular complexity index is 993. The highest BCUT2D eigenvalue weighted by Gasteiger charge is 2.12. The molecule has 1 heterocycles. The summed E-state index contributed by atoms with van der Waals surface area (Å²) in [7, 11) is 3.48. The number of nitrogens with one attached hydrogen (secondary N) is 1. The number of anilines is 1. The molecule has 1 N–H and O–H groups in total. The molecule has 0 radical (unpaired) electrons. The molecule has 0 bridgehead atoms. The summed E-state index contributed by atoms with van der Waals surface area (Å²) >= 11 is 4.81. The molecular formula is C20H19BrFN3O2S. The zero-order valence-corrected chi connectivity index (χ0v) is 17.8. The Labute approximate surface area is 175 Å². The lowest BCUT2D eigenvalue weighted by Crippen LogP contribution is -2.13. The Morgan fingerprint density at radius 1 is 1.32 bits per heavy atom. The molecule has 1 amide bonds. The molecule has 0 fully saturated rings. The first-order chi connectivity index (χ1) is 13.5. The van der Waals surface area contributed by atoms with Crippen LogP contribution in [0.15, 0.2) is 63.3 Å². The Morgan fingerprint density at radius 2 is 2.14 bits per heavy atom. The molecule has 1 aromatic heterocycles. The number of halogens is 2. The van der Waals surface area contributed by atoms with E-state index in [1.807, 2.05) is 36.0 Å². The van der Waals surface area contributed by atoms with Crippen LogP contribution in [0.25, 0.3) is 0 Å². The molecule has 0 saturated carbocycles. The summed E-state index contributed by atoms with van der Waals surface area (Å²) < 4.78 is 21.6. The first kappa shape index (κ1) is 20.4. The van der Waals surface area contributed by atoms with Crippen LogP contribution in [-0.2, 0) is 18.3 Å². The SMILES string of the molecule is COc1ccc(CCC(=O)Nc2cc(F)ccc2Sc2nccn2C)cc1Br. The lowest BCUT2D eigenvalue weighted by molar-refractivity contribution is -0.116. The fourth-order valence-electron chi connectivity index (χ4n) is 2.57. The smallest absolute Gasteiger partial charge is 0.224 e. The number of ether oxygens (including phenoxy) is 1. The lowest BCUT2D eigenvalue weighted by atomic mass is 10.1. The van der Waals surface area contributed by atoms with E-state index in [2.05, 4.69) is 26.2 Å².